The average molecular weight is 391 g/mol. The van der Waals surface area contributed by atoms with Gasteiger partial charge in [0.15, 0.2) is 5.16 Å². The molecule has 4 aromatic rings. The van der Waals surface area contributed by atoms with E-state index in [1.165, 1.54) is 23.1 Å². The van der Waals surface area contributed by atoms with E-state index in [1.54, 1.807) is 15.9 Å². The van der Waals surface area contributed by atoms with Crippen molar-refractivity contribution in [2.24, 2.45) is 0 Å². The van der Waals surface area contributed by atoms with Crippen molar-refractivity contribution in [1.29, 1.82) is 0 Å². The first-order valence-corrected chi connectivity index (χ1v) is 10.3. The Labute approximate surface area is 155 Å². The minimum absolute atomic E-state index is 0.00186. The molecule has 0 spiro atoms. The van der Waals surface area contributed by atoms with Gasteiger partial charge >= 0.3 is 0 Å². The van der Waals surface area contributed by atoms with Crippen LogP contribution in [0.2, 0.25) is 0 Å². The van der Waals surface area contributed by atoms with Gasteiger partial charge in [0.25, 0.3) is 5.56 Å². The molecule has 0 amide bonds. The van der Waals surface area contributed by atoms with E-state index >= 15 is 0 Å². The van der Waals surface area contributed by atoms with Crippen LogP contribution in [0.25, 0.3) is 20.9 Å². The predicted octanol–water partition coefficient (Wildman–Crippen LogP) is 4.44. The Hall–Kier alpha value is -1.97. The van der Waals surface area contributed by atoms with Crippen LogP contribution in [0, 0.1) is 0 Å². The molecule has 0 fully saturated rings. The Kier molecular flexibility index (Phi) is 4.45. The molecule has 4 aromatic heterocycles. The fourth-order valence-electron chi connectivity index (χ4n) is 2.41. The number of hydrogen-bond donors (Lipinski definition) is 0. The molecule has 0 N–H and O–H groups in total. The van der Waals surface area contributed by atoms with Crippen LogP contribution < -0.4 is 5.56 Å². The SMILES string of the molecule is CCn1c(SC(C)c2nc(-c3cccs3)no2)nc2ccsc2c1=O. The summed E-state index contributed by atoms with van der Waals surface area (Å²) in [6.07, 6.45) is 0. The lowest BCUT2D eigenvalue weighted by Gasteiger charge is -2.11. The van der Waals surface area contributed by atoms with E-state index in [0.29, 0.717) is 28.1 Å². The van der Waals surface area contributed by atoms with E-state index in [2.05, 4.69) is 15.1 Å². The highest BCUT2D eigenvalue weighted by Gasteiger charge is 2.20. The maximum atomic E-state index is 12.6. The van der Waals surface area contributed by atoms with Crippen molar-refractivity contribution in [3.8, 4) is 10.7 Å². The molecule has 6 nitrogen and oxygen atoms in total. The van der Waals surface area contributed by atoms with Crippen LogP contribution in [-0.2, 0) is 6.54 Å². The lowest BCUT2D eigenvalue weighted by molar-refractivity contribution is 0.380. The minimum atomic E-state index is -0.109. The monoisotopic (exact) mass is 390 g/mol. The van der Waals surface area contributed by atoms with Gasteiger partial charge in [-0.05, 0) is 36.7 Å². The van der Waals surface area contributed by atoms with Crippen LogP contribution in [0.4, 0.5) is 0 Å². The Balaban J connectivity index is 1.66. The second kappa shape index (κ2) is 6.74. The summed E-state index contributed by atoms with van der Waals surface area (Å²) in [5.74, 6) is 1.11. The highest BCUT2D eigenvalue weighted by Crippen LogP contribution is 2.34. The van der Waals surface area contributed by atoms with E-state index in [4.69, 9.17) is 4.52 Å². The van der Waals surface area contributed by atoms with Crippen molar-refractivity contribution < 1.29 is 4.52 Å². The van der Waals surface area contributed by atoms with Crippen molar-refractivity contribution in [2.45, 2.75) is 30.8 Å². The first-order valence-electron chi connectivity index (χ1n) is 7.69. The van der Waals surface area contributed by atoms with Crippen LogP contribution in [0.3, 0.4) is 0 Å². The van der Waals surface area contributed by atoms with E-state index in [-0.39, 0.29) is 10.8 Å². The molecule has 0 saturated heterocycles. The number of rotatable bonds is 5. The van der Waals surface area contributed by atoms with Gasteiger partial charge in [0.05, 0.1) is 15.6 Å². The number of fused-ring (bicyclic) bond motifs is 1. The number of aromatic nitrogens is 4. The Morgan fingerprint density at radius 3 is 2.92 bits per heavy atom. The second-order valence-electron chi connectivity index (χ2n) is 5.27. The zero-order valence-corrected chi connectivity index (χ0v) is 16.0. The van der Waals surface area contributed by atoms with Crippen LogP contribution in [0.15, 0.2) is 43.4 Å². The van der Waals surface area contributed by atoms with Gasteiger partial charge in [-0.25, -0.2) is 4.98 Å². The summed E-state index contributed by atoms with van der Waals surface area (Å²) in [4.78, 5) is 22.7. The molecule has 0 aromatic carbocycles. The van der Waals surface area contributed by atoms with E-state index in [1.807, 2.05) is 42.8 Å². The highest BCUT2D eigenvalue weighted by molar-refractivity contribution is 7.99. The van der Waals surface area contributed by atoms with Crippen molar-refractivity contribution in [1.82, 2.24) is 19.7 Å². The molecule has 9 heteroatoms. The quantitative estimate of drug-likeness (QED) is 0.370. The maximum Gasteiger partial charge on any atom is 0.272 e. The number of thioether (sulfide) groups is 1. The molecule has 0 saturated carbocycles. The number of nitrogens with zero attached hydrogens (tertiary/aromatic N) is 4. The van der Waals surface area contributed by atoms with Gasteiger partial charge in [-0.1, -0.05) is 23.0 Å². The second-order valence-corrected chi connectivity index (χ2v) is 8.44. The molecule has 25 heavy (non-hydrogen) atoms. The first-order chi connectivity index (χ1) is 12.2. The van der Waals surface area contributed by atoms with E-state index in [0.717, 1.165) is 10.4 Å². The van der Waals surface area contributed by atoms with Crippen LogP contribution in [0.5, 0.6) is 0 Å². The molecular formula is C16H14N4O2S3. The molecule has 128 valence electrons. The van der Waals surface area contributed by atoms with Crippen LogP contribution in [0.1, 0.15) is 25.0 Å². The largest absolute Gasteiger partial charge is 0.338 e. The van der Waals surface area contributed by atoms with Gasteiger partial charge in [0, 0.05) is 6.54 Å². The van der Waals surface area contributed by atoms with E-state index in [9.17, 15) is 4.79 Å². The predicted molar refractivity (Wildman–Crippen MR) is 101 cm³/mol. The van der Waals surface area contributed by atoms with Crippen molar-refractivity contribution in [2.75, 3.05) is 0 Å². The third-order valence-corrected chi connectivity index (χ3v) is 6.50. The zero-order valence-electron chi connectivity index (χ0n) is 13.5. The molecule has 4 heterocycles. The third kappa shape index (κ3) is 3.03. The molecule has 0 aliphatic carbocycles. The van der Waals surface area contributed by atoms with Crippen LogP contribution in [-0.4, -0.2) is 19.7 Å². The lowest BCUT2D eigenvalue weighted by Crippen LogP contribution is -2.21. The number of hydrogen-bond acceptors (Lipinski definition) is 8. The lowest BCUT2D eigenvalue weighted by atomic mass is 10.4. The zero-order chi connectivity index (χ0) is 17.4. The average Bonchev–Trinajstić information content (AvgIpc) is 3.35. The summed E-state index contributed by atoms with van der Waals surface area (Å²) >= 11 is 4.45. The van der Waals surface area contributed by atoms with Gasteiger partial charge in [0.1, 0.15) is 4.70 Å². The van der Waals surface area contributed by atoms with Gasteiger partial charge in [-0.2, -0.15) is 4.98 Å². The van der Waals surface area contributed by atoms with Crippen molar-refractivity contribution >= 4 is 44.7 Å². The molecule has 4 rings (SSSR count). The third-order valence-electron chi connectivity index (χ3n) is 3.66. The Morgan fingerprint density at radius 2 is 2.16 bits per heavy atom. The fraction of sp³-hybridized carbons (Fsp3) is 0.250. The maximum absolute atomic E-state index is 12.6. The van der Waals surface area contributed by atoms with E-state index < -0.39 is 0 Å². The first kappa shape index (κ1) is 16.5. The topological polar surface area (TPSA) is 73.8 Å². The molecular weight excluding hydrogens is 376 g/mol. The summed E-state index contributed by atoms with van der Waals surface area (Å²) in [6, 6.07) is 5.78. The summed E-state index contributed by atoms with van der Waals surface area (Å²) in [5.41, 5.74) is 0.737. The van der Waals surface area contributed by atoms with Gasteiger partial charge in [-0.15, -0.1) is 22.7 Å². The molecule has 1 unspecified atom stereocenters. The molecule has 0 radical (unpaired) electrons. The summed E-state index contributed by atoms with van der Waals surface area (Å²) in [7, 11) is 0. The van der Waals surface area contributed by atoms with Gasteiger partial charge in [-0.3, -0.25) is 9.36 Å². The highest BCUT2D eigenvalue weighted by atomic mass is 32.2. The van der Waals surface area contributed by atoms with Crippen molar-refractivity contribution in [3.63, 3.8) is 0 Å². The number of thiophene rings is 2. The molecule has 0 bridgehead atoms. The normalized spacial score (nSPS) is 12.7. The summed E-state index contributed by atoms with van der Waals surface area (Å²) in [5, 5.41) is 8.47. The minimum Gasteiger partial charge on any atom is -0.338 e. The molecule has 1 atom stereocenters. The van der Waals surface area contributed by atoms with Gasteiger partial charge < -0.3 is 4.52 Å². The summed E-state index contributed by atoms with van der Waals surface area (Å²) in [6.45, 7) is 4.48. The van der Waals surface area contributed by atoms with Crippen LogP contribution >= 0.6 is 34.4 Å². The smallest absolute Gasteiger partial charge is 0.272 e. The summed E-state index contributed by atoms with van der Waals surface area (Å²) < 4.78 is 7.79. The Bertz CT molecular complexity index is 1060. The molecule has 0 aliphatic heterocycles. The van der Waals surface area contributed by atoms with Gasteiger partial charge in [0.2, 0.25) is 11.7 Å². The Morgan fingerprint density at radius 1 is 1.28 bits per heavy atom. The standard InChI is InChI=1S/C16H14N4O2S3/c1-3-20-15(21)12-10(6-8-24-12)17-16(20)25-9(2)14-18-13(19-22-14)11-5-4-7-23-11/h4-9H,3H2,1-2H3. The van der Waals surface area contributed by atoms with Crippen molar-refractivity contribution in [3.05, 3.63) is 45.2 Å². The fourth-order valence-corrected chi connectivity index (χ4v) is 4.84. The molecule has 0 aliphatic rings.